The Labute approximate surface area is 182 Å². The summed E-state index contributed by atoms with van der Waals surface area (Å²) in [4.78, 5) is 0. The predicted octanol–water partition coefficient (Wildman–Crippen LogP) is 7.23. The molecule has 0 saturated carbocycles. The van der Waals surface area contributed by atoms with E-state index in [-0.39, 0.29) is 15.8 Å². The fourth-order valence-corrected chi connectivity index (χ4v) is 4.37. The molecule has 0 radical (unpaired) electrons. The predicted molar refractivity (Wildman–Crippen MR) is 128 cm³/mol. The molecule has 0 amide bonds. The minimum absolute atomic E-state index is 0.0576. The van der Waals surface area contributed by atoms with E-state index in [2.05, 4.69) is 99.5 Å². The van der Waals surface area contributed by atoms with Crippen LogP contribution in [-0.4, -0.2) is 26.7 Å². The van der Waals surface area contributed by atoms with Gasteiger partial charge in [-0.25, -0.2) is 0 Å². The SMILES string of the molecule is CP(C)c1cc2ccccc2[cH-]1.CP(C)c1cc2ccccc2[cH-]1.[Cl][Ti][Cl]. The molecule has 4 rings (SSSR count). The molecule has 0 aliphatic heterocycles. The van der Waals surface area contributed by atoms with E-state index in [1.165, 1.54) is 32.2 Å². The Bertz CT molecular complexity index is 813. The van der Waals surface area contributed by atoms with Crippen LogP contribution >= 0.6 is 34.5 Å². The maximum atomic E-state index is 4.89. The Morgan fingerprint density at radius 1 is 0.667 bits per heavy atom. The third-order valence-electron chi connectivity index (χ3n) is 4.24. The van der Waals surface area contributed by atoms with E-state index in [4.69, 9.17) is 18.6 Å². The summed E-state index contributed by atoms with van der Waals surface area (Å²) in [5.41, 5.74) is 0. The van der Waals surface area contributed by atoms with Crippen molar-refractivity contribution >= 4 is 66.6 Å². The van der Waals surface area contributed by atoms with Gasteiger partial charge in [0.2, 0.25) is 0 Å². The minimum atomic E-state index is -0.556. The van der Waals surface area contributed by atoms with Crippen molar-refractivity contribution < 1.29 is 17.0 Å². The molecule has 142 valence electrons. The Kier molecular flexibility index (Phi) is 10.0. The van der Waals surface area contributed by atoms with Crippen molar-refractivity contribution in [1.82, 2.24) is 0 Å². The van der Waals surface area contributed by atoms with Gasteiger partial charge >= 0.3 is 35.6 Å². The summed E-state index contributed by atoms with van der Waals surface area (Å²) in [7, 11) is 9.89. The molecule has 4 aromatic carbocycles. The van der Waals surface area contributed by atoms with Crippen LogP contribution in [-0.2, 0) is 17.0 Å². The van der Waals surface area contributed by atoms with Crippen molar-refractivity contribution in [3.63, 3.8) is 0 Å². The summed E-state index contributed by atoms with van der Waals surface area (Å²) in [5.74, 6) is 0. The van der Waals surface area contributed by atoms with Crippen molar-refractivity contribution in [2.24, 2.45) is 0 Å². The van der Waals surface area contributed by atoms with E-state index >= 15 is 0 Å². The van der Waals surface area contributed by atoms with E-state index in [1.807, 2.05) is 0 Å². The Morgan fingerprint density at radius 3 is 1.30 bits per heavy atom. The average molecular weight is 469 g/mol. The van der Waals surface area contributed by atoms with E-state index in [0.29, 0.717) is 0 Å². The Balaban J connectivity index is 0.000000170. The van der Waals surface area contributed by atoms with Crippen LogP contribution in [0.1, 0.15) is 0 Å². The zero-order valence-electron chi connectivity index (χ0n) is 16.1. The van der Waals surface area contributed by atoms with Gasteiger partial charge in [0, 0.05) is 0 Å². The second-order valence-corrected chi connectivity index (χ2v) is 13.7. The van der Waals surface area contributed by atoms with Crippen LogP contribution in [0.4, 0.5) is 0 Å². The molecule has 0 N–H and O–H groups in total. The van der Waals surface area contributed by atoms with Gasteiger partial charge in [0.25, 0.3) is 0 Å². The fourth-order valence-electron chi connectivity index (χ4n) is 2.78. The molecule has 0 bridgehead atoms. The quantitative estimate of drug-likeness (QED) is 0.165. The van der Waals surface area contributed by atoms with Crippen LogP contribution in [0, 0.1) is 0 Å². The molecule has 0 aromatic heterocycles. The summed E-state index contributed by atoms with van der Waals surface area (Å²) in [6.07, 6.45) is 0. The van der Waals surface area contributed by atoms with Gasteiger partial charge < -0.3 is 0 Å². The van der Waals surface area contributed by atoms with Crippen LogP contribution in [0.15, 0.2) is 72.8 Å². The zero-order valence-corrected chi connectivity index (χ0v) is 20.9. The number of halogens is 2. The molecular formula is C22H24Cl2P2Ti-2. The average Bonchev–Trinajstić information content (AvgIpc) is 3.27. The molecule has 5 heteroatoms. The fraction of sp³-hybridized carbons (Fsp3) is 0.182. The molecule has 4 aromatic rings. The molecule has 27 heavy (non-hydrogen) atoms. The summed E-state index contributed by atoms with van der Waals surface area (Å²) in [6, 6.07) is 26.3. The van der Waals surface area contributed by atoms with E-state index < -0.39 is 17.0 Å². The van der Waals surface area contributed by atoms with Gasteiger partial charge in [-0.2, -0.15) is 12.1 Å². The van der Waals surface area contributed by atoms with Crippen molar-refractivity contribution in [2.75, 3.05) is 26.7 Å². The van der Waals surface area contributed by atoms with E-state index in [9.17, 15) is 0 Å². The topological polar surface area (TPSA) is 0 Å². The van der Waals surface area contributed by atoms with Gasteiger partial charge in [-0.05, 0) is 26.7 Å². The van der Waals surface area contributed by atoms with Crippen LogP contribution in [0.3, 0.4) is 0 Å². The monoisotopic (exact) mass is 468 g/mol. The first-order valence-corrected chi connectivity index (χ1v) is 17.3. The summed E-state index contributed by atoms with van der Waals surface area (Å²) >= 11 is -0.556. The molecule has 0 nitrogen and oxygen atoms in total. The van der Waals surface area contributed by atoms with Gasteiger partial charge in [0.15, 0.2) is 0 Å². The third kappa shape index (κ3) is 6.97. The van der Waals surface area contributed by atoms with Crippen molar-refractivity contribution in [1.29, 1.82) is 0 Å². The number of fused-ring (bicyclic) bond motifs is 2. The Hall–Kier alpha value is -0.186. The number of benzene rings is 2. The standard InChI is InChI=1S/2C11H12P.2ClH.Ti/c2*1-12(2)11-7-9-5-3-4-6-10(9)8-11;;;/h2*3-8H,1-2H3;2*1H;/q2*-1;;;+2/p-2. The second-order valence-electron chi connectivity index (χ2n) is 6.55. The van der Waals surface area contributed by atoms with E-state index in [1.54, 1.807) is 0 Å². The maximum absolute atomic E-state index is 4.89. The molecule has 0 aliphatic rings. The van der Waals surface area contributed by atoms with Crippen LogP contribution in [0.2, 0.25) is 0 Å². The summed E-state index contributed by atoms with van der Waals surface area (Å²) < 4.78 is 0. The zero-order chi connectivity index (χ0) is 19.8. The number of hydrogen-bond donors (Lipinski definition) is 0. The van der Waals surface area contributed by atoms with Crippen LogP contribution in [0.25, 0.3) is 21.5 Å². The summed E-state index contributed by atoms with van der Waals surface area (Å²) in [5, 5.41) is 8.53. The second kappa shape index (κ2) is 11.7. The van der Waals surface area contributed by atoms with Crippen LogP contribution in [0.5, 0.6) is 0 Å². The van der Waals surface area contributed by atoms with Gasteiger partial charge in [-0.1, -0.05) is 12.1 Å². The number of rotatable bonds is 2. The van der Waals surface area contributed by atoms with Crippen LogP contribution < -0.4 is 10.6 Å². The van der Waals surface area contributed by atoms with Gasteiger partial charge in [0.05, 0.1) is 0 Å². The molecular weight excluding hydrogens is 445 g/mol. The third-order valence-corrected chi connectivity index (χ3v) is 6.82. The normalized spacial score (nSPS) is 10.5. The molecule has 0 heterocycles. The van der Waals surface area contributed by atoms with Gasteiger partial charge in [-0.15, -0.1) is 96.5 Å². The van der Waals surface area contributed by atoms with Crippen molar-refractivity contribution in [3.8, 4) is 0 Å². The first kappa shape index (κ1) is 23.1. The summed E-state index contributed by atoms with van der Waals surface area (Å²) in [6.45, 7) is 9.18. The molecule has 0 aliphatic carbocycles. The van der Waals surface area contributed by atoms with Gasteiger partial charge in [0.1, 0.15) is 0 Å². The molecule has 0 fully saturated rings. The van der Waals surface area contributed by atoms with E-state index in [0.717, 1.165) is 0 Å². The Morgan fingerprint density at radius 2 is 1.00 bits per heavy atom. The van der Waals surface area contributed by atoms with Crippen molar-refractivity contribution in [3.05, 3.63) is 72.8 Å². The van der Waals surface area contributed by atoms with Gasteiger partial charge in [-0.3, -0.25) is 0 Å². The number of hydrogen-bond acceptors (Lipinski definition) is 0. The molecule has 0 saturated heterocycles. The van der Waals surface area contributed by atoms with Crippen molar-refractivity contribution in [2.45, 2.75) is 0 Å². The molecule has 0 spiro atoms. The first-order valence-electron chi connectivity index (χ1n) is 8.58. The molecule has 0 unspecified atom stereocenters. The first-order chi connectivity index (χ1) is 13.0. The molecule has 0 atom stereocenters.